The summed E-state index contributed by atoms with van der Waals surface area (Å²) < 4.78 is 0. The van der Waals surface area contributed by atoms with Gasteiger partial charge in [0.1, 0.15) is 0 Å². The second kappa shape index (κ2) is 7.08. The molecular weight excluding hydrogens is 259 g/mol. The summed E-state index contributed by atoms with van der Waals surface area (Å²) in [5.74, 6) is 1.57. The number of hydrogen-bond acceptors (Lipinski definition) is 0. The van der Waals surface area contributed by atoms with E-state index in [1.54, 1.807) is 16.7 Å². The molecule has 4 unspecified atom stereocenters. The minimum Gasteiger partial charge on any atom is -0.134 e. The maximum absolute atomic E-state index is 3.10. The Morgan fingerprint density at radius 1 is 0.750 bits per heavy atom. The van der Waals surface area contributed by atoms with Crippen molar-refractivity contribution in [3.63, 3.8) is 0 Å². The van der Waals surface area contributed by atoms with Gasteiger partial charge in [-0.1, -0.05) is 20.8 Å². The molecule has 0 bridgehead atoms. The normalized spacial score (nSPS) is 25.4. The van der Waals surface area contributed by atoms with Gasteiger partial charge in [0.05, 0.1) is 0 Å². The van der Waals surface area contributed by atoms with Gasteiger partial charge in [0, 0.05) is 0 Å². The number of benzene rings is 1. The van der Waals surface area contributed by atoms with E-state index in [4.69, 9.17) is 0 Å². The van der Waals surface area contributed by atoms with E-state index in [9.17, 15) is 0 Å². The van der Waals surface area contributed by atoms with Crippen LogP contribution in [0.25, 0.3) is 0 Å². The molecule has 0 aliphatic heterocycles. The van der Waals surface area contributed by atoms with E-state index < -0.39 is 0 Å². The van der Waals surface area contributed by atoms with E-state index in [0.29, 0.717) is 0 Å². The Bertz CT molecular complexity index is 434. The Labute approximate surface area is 129 Å². The van der Waals surface area contributed by atoms with Gasteiger partial charge in [0.25, 0.3) is 0 Å². The van der Waals surface area contributed by atoms with Gasteiger partial charge < -0.3 is 0 Å². The molecule has 1 aliphatic carbocycles. The molecule has 0 heterocycles. The van der Waals surface area contributed by atoms with Crippen molar-refractivity contribution < 1.29 is 0 Å². The zero-order valence-electron chi connectivity index (χ0n) is 14.7. The van der Waals surface area contributed by atoms with Crippen LogP contribution in [0.4, 0.5) is 0 Å². The van der Waals surface area contributed by atoms with Crippen molar-refractivity contribution in [2.75, 3.05) is 0 Å². The van der Waals surface area contributed by atoms with E-state index in [1.165, 1.54) is 29.5 Å². The Kier molecular flexibility index (Phi) is 6.26. The molecule has 0 radical (unpaired) electrons. The zero-order chi connectivity index (χ0) is 15.6. The first kappa shape index (κ1) is 17.7. The third-order valence-corrected chi connectivity index (χ3v) is 6.17. The Morgan fingerprint density at radius 3 is 1.50 bits per heavy atom. The van der Waals surface area contributed by atoms with Gasteiger partial charge in [0.2, 0.25) is 0 Å². The van der Waals surface area contributed by atoms with Gasteiger partial charge in [-0.05, 0) is 98.3 Å². The molecule has 1 aromatic carbocycles. The standard InChI is InChI=1S/C17H27P.C2H6/c1-9-7-8-15(18)16(9)17-13(5)11(3)10(2)12(4)14(17)6;1-2/h9,15-16H,7-8,18H2,1-6H3;1-2H3. The van der Waals surface area contributed by atoms with E-state index in [-0.39, 0.29) is 0 Å². The molecule has 114 valence electrons. The van der Waals surface area contributed by atoms with Gasteiger partial charge in [-0.15, -0.1) is 9.24 Å². The summed E-state index contributed by atoms with van der Waals surface area (Å²) in [5.41, 5.74) is 10.00. The molecule has 0 N–H and O–H groups in total. The van der Waals surface area contributed by atoms with Gasteiger partial charge in [0.15, 0.2) is 0 Å². The van der Waals surface area contributed by atoms with Crippen molar-refractivity contribution in [2.45, 2.75) is 79.8 Å². The topological polar surface area (TPSA) is 0 Å². The summed E-state index contributed by atoms with van der Waals surface area (Å²) in [6, 6.07) is 0. The lowest BCUT2D eigenvalue weighted by atomic mass is 9.79. The van der Waals surface area contributed by atoms with Gasteiger partial charge in [-0.2, -0.15) is 0 Å². The predicted molar refractivity (Wildman–Crippen MR) is 96.1 cm³/mol. The van der Waals surface area contributed by atoms with Crippen LogP contribution in [0.5, 0.6) is 0 Å². The molecule has 0 aromatic heterocycles. The fourth-order valence-corrected chi connectivity index (χ4v) is 4.53. The largest absolute Gasteiger partial charge is 0.134 e. The van der Waals surface area contributed by atoms with Crippen molar-refractivity contribution in [1.82, 2.24) is 0 Å². The molecule has 0 amide bonds. The first-order chi connectivity index (χ1) is 9.36. The third kappa shape index (κ3) is 2.96. The van der Waals surface area contributed by atoms with Crippen LogP contribution in [0.3, 0.4) is 0 Å². The van der Waals surface area contributed by atoms with Crippen LogP contribution in [-0.4, -0.2) is 5.66 Å². The fourth-order valence-electron chi connectivity index (χ4n) is 3.76. The van der Waals surface area contributed by atoms with Crippen LogP contribution in [-0.2, 0) is 0 Å². The fraction of sp³-hybridized carbons (Fsp3) is 0.684. The van der Waals surface area contributed by atoms with Crippen molar-refractivity contribution in [1.29, 1.82) is 0 Å². The Morgan fingerprint density at radius 2 is 1.15 bits per heavy atom. The van der Waals surface area contributed by atoms with Crippen LogP contribution in [0.1, 0.15) is 72.9 Å². The van der Waals surface area contributed by atoms with Crippen LogP contribution < -0.4 is 0 Å². The minimum absolute atomic E-state index is 0.744. The first-order valence-corrected chi connectivity index (χ1v) is 8.85. The van der Waals surface area contributed by atoms with Gasteiger partial charge >= 0.3 is 0 Å². The summed E-state index contributed by atoms with van der Waals surface area (Å²) in [6.45, 7) is 17.9. The summed E-state index contributed by atoms with van der Waals surface area (Å²) >= 11 is 0. The van der Waals surface area contributed by atoms with E-state index in [2.05, 4.69) is 50.8 Å². The zero-order valence-corrected chi connectivity index (χ0v) is 15.9. The molecule has 2 rings (SSSR count). The smallest absolute Gasteiger partial charge is 0.00679 e. The third-order valence-electron chi connectivity index (χ3n) is 5.42. The average Bonchev–Trinajstić information content (AvgIpc) is 2.77. The lowest BCUT2D eigenvalue weighted by Crippen LogP contribution is -2.16. The molecule has 0 spiro atoms. The summed E-state index contributed by atoms with van der Waals surface area (Å²) in [7, 11) is 3.10. The van der Waals surface area contributed by atoms with Crippen LogP contribution in [0.15, 0.2) is 0 Å². The van der Waals surface area contributed by atoms with Crippen molar-refractivity contribution in [3.05, 3.63) is 33.4 Å². The molecule has 1 fully saturated rings. The lowest BCUT2D eigenvalue weighted by Gasteiger charge is -2.28. The molecule has 20 heavy (non-hydrogen) atoms. The maximum atomic E-state index is 3.10. The highest BCUT2D eigenvalue weighted by atomic mass is 31.0. The average molecular weight is 292 g/mol. The van der Waals surface area contributed by atoms with Crippen LogP contribution in [0.2, 0.25) is 0 Å². The second-order valence-corrected chi connectivity index (χ2v) is 7.14. The molecular formula is C19H33P. The van der Waals surface area contributed by atoms with E-state index in [1.807, 2.05) is 13.8 Å². The molecule has 1 heteroatoms. The summed E-state index contributed by atoms with van der Waals surface area (Å²) in [6.07, 6.45) is 2.74. The van der Waals surface area contributed by atoms with Crippen LogP contribution >= 0.6 is 9.24 Å². The van der Waals surface area contributed by atoms with Crippen molar-refractivity contribution in [2.24, 2.45) is 5.92 Å². The molecule has 1 saturated carbocycles. The van der Waals surface area contributed by atoms with E-state index >= 15 is 0 Å². The summed E-state index contributed by atoms with van der Waals surface area (Å²) in [4.78, 5) is 0. The van der Waals surface area contributed by atoms with Crippen molar-refractivity contribution >= 4 is 9.24 Å². The van der Waals surface area contributed by atoms with Gasteiger partial charge in [-0.3, -0.25) is 0 Å². The SMILES string of the molecule is CC.Cc1c(C)c(C)c(C2C(C)CCC2P)c(C)c1C. The first-order valence-electron chi connectivity index (χ1n) is 8.18. The highest BCUT2D eigenvalue weighted by molar-refractivity contribution is 7.17. The minimum atomic E-state index is 0.744. The molecule has 4 atom stereocenters. The molecule has 1 aliphatic rings. The van der Waals surface area contributed by atoms with Gasteiger partial charge in [-0.25, -0.2) is 0 Å². The number of hydrogen-bond donors (Lipinski definition) is 0. The van der Waals surface area contributed by atoms with Crippen molar-refractivity contribution in [3.8, 4) is 0 Å². The molecule has 0 nitrogen and oxygen atoms in total. The second-order valence-electron chi connectivity index (χ2n) is 6.28. The predicted octanol–water partition coefficient (Wildman–Crippen LogP) is 6.01. The quantitative estimate of drug-likeness (QED) is 0.556. The molecule has 1 aromatic rings. The highest BCUT2D eigenvalue weighted by Gasteiger charge is 2.34. The van der Waals surface area contributed by atoms with E-state index in [0.717, 1.165) is 17.5 Å². The highest BCUT2D eigenvalue weighted by Crippen LogP contribution is 2.47. The number of rotatable bonds is 1. The molecule has 0 saturated heterocycles. The Balaban J connectivity index is 0.000000956. The lowest BCUT2D eigenvalue weighted by molar-refractivity contribution is 0.532. The van der Waals surface area contributed by atoms with Crippen LogP contribution in [0, 0.1) is 40.5 Å². The monoisotopic (exact) mass is 292 g/mol. The Hall–Kier alpha value is -0.350. The maximum Gasteiger partial charge on any atom is -0.00679 e. The summed E-state index contributed by atoms with van der Waals surface area (Å²) in [5, 5.41) is 0.